The third kappa shape index (κ3) is 2.93. The van der Waals surface area contributed by atoms with Crippen LogP contribution in [0.3, 0.4) is 0 Å². The highest BCUT2D eigenvalue weighted by Crippen LogP contribution is 2.27. The Kier molecular flexibility index (Phi) is 3.05. The molecule has 1 aromatic carbocycles. The maximum Gasteiger partial charge on any atom is 0.573 e. The number of carbonyl (C=O) groups is 1. The molecule has 100 valence electrons. The van der Waals surface area contributed by atoms with Gasteiger partial charge in [0.25, 0.3) is 0 Å². The molecule has 1 heterocycles. The van der Waals surface area contributed by atoms with Gasteiger partial charge in [-0.05, 0) is 31.2 Å². The van der Waals surface area contributed by atoms with Crippen molar-refractivity contribution >= 4 is 16.8 Å². The van der Waals surface area contributed by atoms with Crippen LogP contribution in [0, 0.1) is 6.92 Å². The van der Waals surface area contributed by atoms with Crippen LogP contribution in [-0.4, -0.2) is 17.3 Å². The van der Waals surface area contributed by atoms with E-state index >= 15 is 0 Å². The monoisotopic (exact) mass is 270 g/mol. The average molecular weight is 270 g/mol. The van der Waals surface area contributed by atoms with E-state index in [1.807, 2.05) is 0 Å². The molecule has 0 aliphatic carbocycles. The highest BCUT2D eigenvalue weighted by Gasteiger charge is 2.31. The molecule has 1 aromatic heterocycles. The van der Waals surface area contributed by atoms with Gasteiger partial charge in [0.1, 0.15) is 5.75 Å². The Labute approximate surface area is 106 Å². The summed E-state index contributed by atoms with van der Waals surface area (Å²) in [5.74, 6) is -1.16. The minimum Gasteiger partial charge on any atom is -0.406 e. The second kappa shape index (κ2) is 4.42. The van der Waals surface area contributed by atoms with E-state index in [2.05, 4.69) is 9.72 Å². The number of hydrogen-bond acceptors (Lipinski definition) is 3. The van der Waals surface area contributed by atoms with Crippen LogP contribution in [0.1, 0.15) is 16.1 Å². The molecule has 0 aliphatic rings. The number of alkyl halides is 3. The lowest BCUT2D eigenvalue weighted by Crippen LogP contribution is -2.17. The molecule has 2 rings (SSSR count). The lowest BCUT2D eigenvalue weighted by atomic mass is 10.1. The number of benzene rings is 1. The first-order valence-corrected chi connectivity index (χ1v) is 5.23. The van der Waals surface area contributed by atoms with Crippen LogP contribution in [0.4, 0.5) is 13.2 Å². The number of fused-ring (bicyclic) bond motifs is 1. The van der Waals surface area contributed by atoms with Gasteiger partial charge in [-0.2, -0.15) is 0 Å². The molecule has 0 saturated carbocycles. The molecule has 19 heavy (non-hydrogen) atoms. The molecule has 0 saturated heterocycles. The van der Waals surface area contributed by atoms with Crippen LogP contribution in [0.15, 0.2) is 24.3 Å². The summed E-state index contributed by atoms with van der Waals surface area (Å²) < 4.78 is 40.2. The topological polar surface area (TPSA) is 65.2 Å². The zero-order valence-electron chi connectivity index (χ0n) is 9.78. The van der Waals surface area contributed by atoms with Crippen LogP contribution in [0.25, 0.3) is 10.9 Å². The smallest absolute Gasteiger partial charge is 0.406 e. The summed E-state index contributed by atoms with van der Waals surface area (Å²) in [4.78, 5) is 15.4. The fraction of sp³-hybridized carbons (Fsp3) is 0.167. The Bertz CT molecular complexity index is 653. The number of rotatable bonds is 2. The molecule has 0 unspecified atom stereocenters. The minimum atomic E-state index is -4.79. The van der Waals surface area contributed by atoms with Gasteiger partial charge >= 0.3 is 6.36 Å². The molecule has 0 fully saturated rings. The molecule has 4 nitrogen and oxygen atoms in total. The van der Waals surface area contributed by atoms with Gasteiger partial charge in [-0.25, -0.2) is 0 Å². The van der Waals surface area contributed by atoms with E-state index in [9.17, 15) is 18.0 Å². The maximum atomic E-state index is 12.1. The predicted octanol–water partition coefficient (Wildman–Crippen LogP) is 2.54. The average Bonchev–Trinajstić information content (AvgIpc) is 2.26. The fourth-order valence-corrected chi connectivity index (χ4v) is 1.74. The van der Waals surface area contributed by atoms with E-state index in [4.69, 9.17) is 5.73 Å². The molecular weight excluding hydrogens is 261 g/mol. The number of carbonyl (C=O) groups excluding carboxylic acids is 1. The van der Waals surface area contributed by atoms with Gasteiger partial charge in [0.05, 0.1) is 11.1 Å². The quantitative estimate of drug-likeness (QED) is 0.911. The molecular formula is C12H9F3N2O2. The third-order valence-electron chi connectivity index (χ3n) is 2.41. The Hall–Kier alpha value is -2.31. The van der Waals surface area contributed by atoms with Crippen molar-refractivity contribution in [1.82, 2.24) is 4.98 Å². The first-order valence-electron chi connectivity index (χ1n) is 5.23. The van der Waals surface area contributed by atoms with Crippen molar-refractivity contribution in [3.63, 3.8) is 0 Å². The second-order valence-corrected chi connectivity index (χ2v) is 3.90. The Morgan fingerprint density at radius 3 is 2.58 bits per heavy atom. The number of aromatic nitrogens is 1. The fourth-order valence-electron chi connectivity index (χ4n) is 1.74. The Morgan fingerprint density at radius 1 is 1.32 bits per heavy atom. The van der Waals surface area contributed by atoms with Gasteiger partial charge in [-0.1, -0.05) is 0 Å². The minimum absolute atomic E-state index is 0.107. The van der Waals surface area contributed by atoms with Crippen LogP contribution in [-0.2, 0) is 0 Å². The van der Waals surface area contributed by atoms with Crippen LogP contribution in [0.2, 0.25) is 0 Å². The molecule has 2 aromatic rings. The standard InChI is InChI=1S/C12H9F3N2O2/c1-6-4-9(11(16)18)8-5-7(19-12(13,14)15)2-3-10(8)17-6/h2-5H,1H3,(H2,16,18). The highest BCUT2D eigenvalue weighted by molar-refractivity contribution is 6.05. The SMILES string of the molecule is Cc1cc(C(N)=O)c2cc(OC(F)(F)F)ccc2n1. The summed E-state index contributed by atoms with van der Waals surface area (Å²) in [6, 6.07) is 4.99. The van der Waals surface area contributed by atoms with Crippen LogP contribution >= 0.6 is 0 Å². The third-order valence-corrected chi connectivity index (χ3v) is 2.41. The van der Waals surface area contributed by atoms with E-state index in [0.717, 1.165) is 12.1 Å². The molecule has 7 heteroatoms. The van der Waals surface area contributed by atoms with E-state index < -0.39 is 18.0 Å². The van der Waals surface area contributed by atoms with Crippen molar-refractivity contribution in [1.29, 1.82) is 0 Å². The Morgan fingerprint density at radius 2 is 2.00 bits per heavy atom. The van der Waals surface area contributed by atoms with E-state index in [1.54, 1.807) is 6.92 Å². The van der Waals surface area contributed by atoms with Crippen molar-refractivity contribution in [2.45, 2.75) is 13.3 Å². The summed E-state index contributed by atoms with van der Waals surface area (Å²) in [5, 5.41) is 0.222. The molecule has 0 bridgehead atoms. The van der Waals surface area contributed by atoms with Crippen molar-refractivity contribution < 1.29 is 22.7 Å². The summed E-state index contributed by atoms with van der Waals surface area (Å²) >= 11 is 0. The predicted molar refractivity (Wildman–Crippen MR) is 61.7 cm³/mol. The number of ether oxygens (including phenoxy) is 1. The zero-order chi connectivity index (χ0) is 14.2. The van der Waals surface area contributed by atoms with Gasteiger partial charge in [0.15, 0.2) is 0 Å². The largest absolute Gasteiger partial charge is 0.573 e. The summed E-state index contributed by atoms with van der Waals surface area (Å²) in [5.41, 5.74) is 6.23. The normalized spacial score (nSPS) is 11.6. The number of pyridine rings is 1. The van der Waals surface area contributed by atoms with Crippen molar-refractivity contribution in [2.75, 3.05) is 0 Å². The number of amides is 1. The van der Waals surface area contributed by atoms with Gasteiger partial charge < -0.3 is 10.5 Å². The van der Waals surface area contributed by atoms with Crippen LogP contribution in [0.5, 0.6) is 5.75 Å². The number of aryl methyl sites for hydroxylation is 1. The molecule has 0 spiro atoms. The summed E-state index contributed by atoms with van der Waals surface area (Å²) in [6.07, 6.45) is -4.79. The summed E-state index contributed by atoms with van der Waals surface area (Å²) in [7, 11) is 0. The number of primary amides is 1. The lowest BCUT2D eigenvalue weighted by Gasteiger charge is -2.10. The van der Waals surface area contributed by atoms with Gasteiger partial charge in [-0.3, -0.25) is 9.78 Å². The number of hydrogen-bond donors (Lipinski definition) is 1. The first kappa shape index (κ1) is 13.1. The van der Waals surface area contributed by atoms with E-state index in [1.165, 1.54) is 12.1 Å². The van der Waals surface area contributed by atoms with Crippen molar-refractivity contribution in [2.24, 2.45) is 5.73 Å². The highest BCUT2D eigenvalue weighted by atomic mass is 19.4. The van der Waals surface area contributed by atoms with E-state index in [0.29, 0.717) is 11.2 Å². The number of nitrogens with zero attached hydrogens (tertiary/aromatic N) is 1. The van der Waals surface area contributed by atoms with E-state index in [-0.39, 0.29) is 10.9 Å². The van der Waals surface area contributed by atoms with Crippen molar-refractivity contribution in [3.8, 4) is 5.75 Å². The van der Waals surface area contributed by atoms with Crippen molar-refractivity contribution in [3.05, 3.63) is 35.5 Å². The molecule has 0 aliphatic heterocycles. The van der Waals surface area contributed by atoms with Gasteiger partial charge in [-0.15, -0.1) is 13.2 Å². The number of nitrogens with two attached hydrogens (primary N) is 1. The van der Waals surface area contributed by atoms with Crippen LogP contribution < -0.4 is 10.5 Å². The number of halogens is 3. The maximum absolute atomic E-state index is 12.1. The van der Waals surface area contributed by atoms with Gasteiger partial charge in [0.2, 0.25) is 5.91 Å². The lowest BCUT2D eigenvalue weighted by molar-refractivity contribution is -0.274. The Balaban J connectivity index is 2.61. The second-order valence-electron chi connectivity index (χ2n) is 3.90. The molecule has 0 radical (unpaired) electrons. The zero-order valence-corrected chi connectivity index (χ0v) is 9.78. The molecule has 2 N–H and O–H groups in total. The summed E-state index contributed by atoms with van der Waals surface area (Å²) in [6.45, 7) is 1.66. The molecule has 1 amide bonds. The first-order chi connectivity index (χ1) is 8.76. The molecule has 0 atom stereocenters. The van der Waals surface area contributed by atoms with Gasteiger partial charge in [0, 0.05) is 11.1 Å².